The third kappa shape index (κ3) is 3.23. The Morgan fingerprint density at radius 1 is 1.50 bits per heavy atom. The Morgan fingerprint density at radius 3 is 2.64 bits per heavy atom. The summed E-state index contributed by atoms with van der Waals surface area (Å²) in [6.45, 7) is 5.40. The molecule has 78 valence electrons. The van der Waals surface area contributed by atoms with Gasteiger partial charge in [-0.1, -0.05) is 0 Å². The van der Waals surface area contributed by atoms with Gasteiger partial charge in [0.1, 0.15) is 16.7 Å². The molecule has 0 aliphatic heterocycles. The van der Waals surface area contributed by atoms with Crippen LogP contribution in [0.1, 0.15) is 20.8 Å². The fourth-order valence-electron chi connectivity index (χ4n) is 0.811. The fraction of sp³-hybridized carbons (Fsp3) is 0.556. The van der Waals surface area contributed by atoms with E-state index in [0.29, 0.717) is 5.82 Å². The van der Waals surface area contributed by atoms with Crippen LogP contribution in [-0.2, 0) is 0 Å². The Morgan fingerprint density at radius 2 is 2.14 bits per heavy atom. The van der Waals surface area contributed by atoms with Gasteiger partial charge in [0.15, 0.2) is 0 Å². The van der Waals surface area contributed by atoms with Gasteiger partial charge in [0.05, 0.1) is 11.6 Å². The number of halogens is 1. The van der Waals surface area contributed by atoms with Crippen LogP contribution >= 0.6 is 15.9 Å². The van der Waals surface area contributed by atoms with E-state index in [0.717, 1.165) is 4.60 Å². The van der Waals surface area contributed by atoms with Crippen LogP contribution in [0.25, 0.3) is 0 Å². The van der Waals surface area contributed by atoms with Gasteiger partial charge >= 0.3 is 0 Å². The molecule has 5 heteroatoms. The van der Waals surface area contributed by atoms with E-state index in [1.54, 1.807) is 19.9 Å². The molecule has 0 aromatic carbocycles. The van der Waals surface area contributed by atoms with E-state index >= 15 is 0 Å². The highest BCUT2D eigenvalue weighted by Gasteiger charge is 2.22. The molecule has 0 aliphatic carbocycles. The third-order valence-electron chi connectivity index (χ3n) is 2.06. The van der Waals surface area contributed by atoms with E-state index in [1.807, 2.05) is 6.92 Å². The SMILES string of the molecule is CC(Nc1cc(Br)ncn1)C(C)(C)O. The Balaban J connectivity index is 2.70. The zero-order chi connectivity index (χ0) is 10.8. The first kappa shape index (κ1) is 11.4. The van der Waals surface area contributed by atoms with Crippen LogP contribution in [0.2, 0.25) is 0 Å². The van der Waals surface area contributed by atoms with Crippen molar-refractivity contribution in [3.05, 3.63) is 17.0 Å². The van der Waals surface area contributed by atoms with Gasteiger partial charge < -0.3 is 10.4 Å². The molecular formula is C9H14BrN3O. The average Bonchev–Trinajstić information content (AvgIpc) is 2.02. The van der Waals surface area contributed by atoms with Crippen LogP contribution in [0.3, 0.4) is 0 Å². The molecule has 0 spiro atoms. The Bertz CT molecular complexity index is 311. The highest BCUT2D eigenvalue weighted by molar-refractivity contribution is 9.10. The first-order valence-corrected chi connectivity index (χ1v) is 5.15. The highest BCUT2D eigenvalue weighted by atomic mass is 79.9. The number of anilines is 1. The van der Waals surface area contributed by atoms with Crippen molar-refractivity contribution >= 4 is 21.7 Å². The topological polar surface area (TPSA) is 58.0 Å². The maximum atomic E-state index is 9.70. The summed E-state index contributed by atoms with van der Waals surface area (Å²) in [7, 11) is 0. The van der Waals surface area contributed by atoms with Crippen LogP contribution < -0.4 is 5.32 Å². The number of nitrogens with zero attached hydrogens (tertiary/aromatic N) is 2. The molecule has 1 rings (SSSR count). The molecule has 14 heavy (non-hydrogen) atoms. The Labute approximate surface area is 91.9 Å². The molecule has 0 fully saturated rings. The molecule has 1 heterocycles. The number of rotatable bonds is 3. The second kappa shape index (κ2) is 4.23. The molecule has 0 saturated carbocycles. The Hall–Kier alpha value is -0.680. The van der Waals surface area contributed by atoms with Crippen molar-refractivity contribution < 1.29 is 5.11 Å². The van der Waals surface area contributed by atoms with Crippen molar-refractivity contribution in [1.82, 2.24) is 9.97 Å². The number of hydrogen-bond donors (Lipinski definition) is 2. The molecule has 0 amide bonds. The first-order valence-electron chi connectivity index (χ1n) is 4.36. The summed E-state index contributed by atoms with van der Waals surface area (Å²) in [5.41, 5.74) is -0.780. The largest absolute Gasteiger partial charge is 0.388 e. The van der Waals surface area contributed by atoms with Crippen molar-refractivity contribution in [1.29, 1.82) is 0 Å². The minimum absolute atomic E-state index is 0.0794. The van der Waals surface area contributed by atoms with Crippen molar-refractivity contribution in [3.63, 3.8) is 0 Å². The van der Waals surface area contributed by atoms with Crippen LogP contribution in [-0.4, -0.2) is 26.7 Å². The molecule has 0 aliphatic rings. The van der Waals surface area contributed by atoms with Crippen molar-refractivity contribution in [2.24, 2.45) is 0 Å². The van der Waals surface area contributed by atoms with Crippen LogP contribution in [0.15, 0.2) is 17.0 Å². The number of aromatic nitrogens is 2. The molecule has 1 unspecified atom stereocenters. The van der Waals surface area contributed by atoms with Crippen molar-refractivity contribution in [3.8, 4) is 0 Å². The third-order valence-corrected chi connectivity index (χ3v) is 2.49. The quantitative estimate of drug-likeness (QED) is 0.814. The van der Waals surface area contributed by atoms with Crippen LogP contribution in [0.5, 0.6) is 0 Å². The van der Waals surface area contributed by atoms with E-state index in [4.69, 9.17) is 0 Å². The van der Waals surface area contributed by atoms with Crippen molar-refractivity contribution in [2.75, 3.05) is 5.32 Å². The van der Waals surface area contributed by atoms with Gasteiger partial charge in [-0.15, -0.1) is 0 Å². The molecule has 0 saturated heterocycles. The van der Waals surface area contributed by atoms with E-state index in [-0.39, 0.29) is 6.04 Å². The highest BCUT2D eigenvalue weighted by Crippen LogP contribution is 2.15. The standard InChI is InChI=1S/C9H14BrN3O/c1-6(9(2,3)14)13-8-4-7(10)11-5-12-8/h4-6,14H,1-3H3,(H,11,12,13). The second-order valence-corrected chi connectivity index (χ2v) is 4.56. The molecule has 4 nitrogen and oxygen atoms in total. The molecule has 1 atom stereocenters. The van der Waals surface area contributed by atoms with Gasteiger partial charge in [0.2, 0.25) is 0 Å². The van der Waals surface area contributed by atoms with E-state index in [1.165, 1.54) is 6.33 Å². The molecule has 1 aromatic heterocycles. The minimum atomic E-state index is -0.780. The lowest BCUT2D eigenvalue weighted by atomic mass is 10.0. The smallest absolute Gasteiger partial charge is 0.130 e. The molecule has 0 bridgehead atoms. The predicted octanol–water partition coefficient (Wildman–Crippen LogP) is 1.81. The number of nitrogens with one attached hydrogen (secondary N) is 1. The maximum absolute atomic E-state index is 9.70. The predicted molar refractivity (Wildman–Crippen MR) is 59.1 cm³/mol. The van der Waals surface area contributed by atoms with Gasteiger partial charge in [0.25, 0.3) is 0 Å². The molecule has 1 aromatic rings. The van der Waals surface area contributed by atoms with E-state index in [2.05, 4.69) is 31.2 Å². The van der Waals surface area contributed by atoms with Gasteiger partial charge in [-0.2, -0.15) is 0 Å². The summed E-state index contributed by atoms with van der Waals surface area (Å²) in [4.78, 5) is 7.94. The van der Waals surface area contributed by atoms with Gasteiger partial charge in [-0.05, 0) is 36.7 Å². The van der Waals surface area contributed by atoms with Gasteiger partial charge in [-0.3, -0.25) is 0 Å². The van der Waals surface area contributed by atoms with Crippen LogP contribution in [0, 0.1) is 0 Å². The second-order valence-electron chi connectivity index (χ2n) is 3.75. The summed E-state index contributed by atoms with van der Waals surface area (Å²) >= 11 is 3.25. The summed E-state index contributed by atoms with van der Waals surface area (Å²) in [5.74, 6) is 0.696. The lowest BCUT2D eigenvalue weighted by molar-refractivity contribution is 0.0648. The monoisotopic (exact) mass is 259 g/mol. The maximum Gasteiger partial charge on any atom is 0.130 e. The first-order chi connectivity index (χ1) is 6.39. The summed E-state index contributed by atoms with van der Waals surface area (Å²) in [5, 5.41) is 12.8. The molecule has 2 N–H and O–H groups in total. The zero-order valence-corrected chi connectivity index (χ0v) is 10.0. The lowest BCUT2D eigenvalue weighted by Crippen LogP contribution is -2.39. The minimum Gasteiger partial charge on any atom is -0.388 e. The van der Waals surface area contributed by atoms with E-state index in [9.17, 15) is 5.11 Å². The van der Waals surface area contributed by atoms with Gasteiger partial charge in [0, 0.05) is 6.07 Å². The number of aliphatic hydroxyl groups is 1. The summed E-state index contributed by atoms with van der Waals surface area (Å²) in [6.07, 6.45) is 1.46. The zero-order valence-electron chi connectivity index (χ0n) is 8.45. The number of hydrogen-bond acceptors (Lipinski definition) is 4. The van der Waals surface area contributed by atoms with Gasteiger partial charge in [-0.25, -0.2) is 9.97 Å². The molecular weight excluding hydrogens is 246 g/mol. The van der Waals surface area contributed by atoms with E-state index < -0.39 is 5.60 Å². The van der Waals surface area contributed by atoms with Crippen LogP contribution in [0.4, 0.5) is 5.82 Å². The normalized spacial score (nSPS) is 13.8. The fourth-order valence-corrected chi connectivity index (χ4v) is 1.12. The lowest BCUT2D eigenvalue weighted by Gasteiger charge is -2.27. The molecule has 0 radical (unpaired) electrons. The Kier molecular flexibility index (Phi) is 3.44. The summed E-state index contributed by atoms with van der Waals surface area (Å²) in [6, 6.07) is 1.69. The summed E-state index contributed by atoms with van der Waals surface area (Å²) < 4.78 is 0.720. The average molecular weight is 260 g/mol. The van der Waals surface area contributed by atoms with Crippen molar-refractivity contribution in [2.45, 2.75) is 32.4 Å².